The Hall–Kier alpha value is -0.590. The zero-order chi connectivity index (χ0) is 11.4. The van der Waals surface area contributed by atoms with Crippen LogP contribution in [0.5, 0.6) is 0 Å². The molecule has 15 heavy (non-hydrogen) atoms. The highest BCUT2D eigenvalue weighted by atomic mass is 16.3. The van der Waals surface area contributed by atoms with Gasteiger partial charge < -0.3 is 10.4 Å². The summed E-state index contributed by atoms with van der Waals surface area (Å²) in [5.74, 6) is 0. The van der Waals surface area contributed by atoms with Gasteiger partial charge in [-0.25, -0.2) is 0 Å². The molecule has 1 fully saturated rings. The summed E-state index contributed by atoms with van der Waals surface area (Å²) in [6, 6.07) is 2.27. The van der Waals surface area contributed by atoms with Crippen molar-refractivity contribution in [1.29, 1.82) is 5.26 Å². The van der Waals surface area contributed by atoms with Gasteiger partial charge in [-0.15, -0.1) is 0 Å². The molecule has 86 valence electrons. The van der Waals surface area contributed by atoms with Crippen LogP contribution in [0.4, 0.5) is 0 Å². The zero-order valence-electron chi connectivity index (χ0n) is 9.84. The molecule has 1 rings (SSSR count). The van der Waals surface area contributed by atoms with Gasteiger partial charge in [-0.05, 0) is 38.0 Å². The van der Waals surface area contributed by atoms with Crippen molar-refractivity contribution in [2.45, 2.75) is 51.5 Å². The molecule has 1 aliphatic carbocycles. The van der Waals surface area contributed by atoms with Crippen molar-refractivity contribution in [3.8, 4) is 6.07 Å². The SMILES string of the molecule is CCC(C)(CCO)NCC1(CC#N)CC1. The molecule has 0 aromatic carbocycles. The summed E-state index contributed by atoms with van der Waals surface area (Å²) in [6.45, 7) is 5.42. The standard InChI is InChI=1S/C12H22N2O/c1-3-11(2,7-9-15)14-10-12(4-5-12)6-8-13/h14-15H,3-7,9-10H2,1-2H3. The maximum absolute atomic E-state index is 8.99. The fourth-order valence-electron chi connectivity index (χ4n) is 1.80. The van der Waals surface area contributed by atoms with Crippen LogP contribution in [-0.2, 0) is 0 Å². The summed E-state index contributed by atoms with van der Waals surface area (Å²) >= 11 is 0. The van der Waals surface area contributed by atoms with Crippen LogP contribution in [0.1, 0.15) is 46.0 Å². The lowest BCUT2D eigenvalue weighted by Crippen LogP contribution is -2.45. The van der Waals surface area contributed by atoms with Crippen LogP contribution in [0, 0.1) is 16.7 Å². The van der Waals surface area contributed by atoms with E-state index in [2.05, 4.69) is 25.2 Å². The first-order chi connectivity index (χ1) is 7.10. The third-order valence-electron chi connectivity index (χ3n) is 3.75. The van der Waals surface area contributed by atoms with E-state index >= 15 is 0 Å². The van der Waals surface area contributed by atoms with Gasteiger partial charge in [-0.2, -0.15) is 5.26 Å². The van der Waals surface area contributed by atoms with Crippen molar-refractivity contribution in [3.05, 3.63) is 0 Å². The zero-order valence-corrected chi connectivity index (χ0v) is 9.84. The second kappa shape index (κ2) is 4.96. The summed E-state index contributed by atoms with van der Waals surface area (Å²) in [7, 11) is 0. The average Bonchev–Trinajstić information content (AvgIpc) is 2.97. The largest absolute Gasteiger partial charge is 0.396 e. The van der Waals surface area contributed by atoms with Crippen molar-refractivity contribution in [2.24, 2.45) is 5.41 Å². The Balaban J connectivity index is 2.37. The fourth-order valence-corrected chi connectivity index (χ4v) is 1.80. The number of rotatable bonds is 7. The van der Waals surface area contributed by atoms with Gasteiger partial charge >= 0.3 is 0 Å². The number of nitriles is 1. The molecule has 0 saturated heterocycles. The molecule has 1 unspecified atom stereocenters. The number of hydrogen-bond acceptors (Lipinski definition) is 3. The van der Waals surface area contributed by atoms with E-state index in [1.54, 1.807) is 0 Å². The summed E-state index contributed by atoms with van der Waals surface area (Å²) in [6.07, 6.45) is 4.81. The molecule has 1 aliphatic rings. The molecule has 0 amide bonds. The number of aliphatic hydroxyl groups is 1. The molecule has 1 saturated carbocycles. The average molecular weight is 210 g/mol. The minimum Gasteiger partial charge on any atom is -0.396 e. The molecule has 1 atom stereocenters. The predicted molar refractivity (Wildman–Crippen MR) is 60.3 cm³/mol. The van der Waals surface area contributed by atoms with Gasteiger partial charge in [0.2, 0.25) is 0 Å². The van der Waals surface area contributed by atoms with Crippen LogP contribution in [0.15, 0.2) is 0 Å². The van der Waals surface area contributed by atoms with E-state index in [0.29, 0.717) is 6.42 Å². The van der Waals surface area contributed by atoms with Crippen LogP contribution in [0.25, 0.3) is 0 Å². The highest BCUT2D eigenvalue weighted by Gasteiger charge is 2.43. The van der Waals surface area contributed by atoms with E-state index in [1.165, 1.54) is 12.8 Å². The molecule has 3 nitrogen and oxygen atoms in total. The lowest BCUT2D eigenvalue weighted by Gasteiger charge is -2.31. The molecule has 0 spiro atoms. The first kappa shape index (κ1) is 12.5. The second-order valence-electron chi connectivity index (χ2n) is 5.08. The Morgan fingerprint density at radius 1 is 1.53 bits per heavy atom. The molecule has 3 heteroatoms. The maximum Gasteiger partial charge on any atom is 0.0628 e. The van der Waals surface area contributed by atoms with E-state index in [-0.39, 0.29) is 17.6 Å². The number of hydrogen-bond donors (Lipinski definition) is 2. The number of nitrogens with zero attached hydrogens (tertiary/aromatic N) is 1. The van der Waals surface area contributed by atoms with E-state index in [9.17, 15) is 0 Å². The van der Waals surface area contributed by atoms with Crippen molar-refractivity contribution in [2.75, 3.05) is 13.2 Å². The van der Waals surface area contributed by atoms with E-state index in [4.69, 9.17) is 10.4 Å². The minimum absolute atomic E-state index is 0.0276. The lowest BCUT2D eigenvalue weighted by atomic mass is 9.93. The van der Waals surface area contributed by atoms with Crippen molar-refractivity contribution in [1.82, 2.24) is 5.32 Å². The van der Waals surface area contributed by atoms with E-state index in [1.807, 2.05) is 0 Å². The molecule has 0 aromatic heterocycles. The van der Waals surface area contributed by atoms with Gasteiger partial charge in [0.25, 0.3) is 0 Å². The third kappa shape index (κ3) is 3.48. The fraction of sp³-hybridized carbons (Fsp3) is 0.917. The molecule has 0 aliphatic heterocycles. The molecule has 2 N–H and O–H groups in total. The second-order valence-corrected chi connectivity index (χ2v) is 5.08. The van der Waals surface area contributed by atoms with Gasteiger partial charge in [0, 0.05) is 25.1 Å². The van der Waals surface area contributed by atoms with Crippen molar-refractivity contribution < 1.29 is 5.11 Å². The summed E-state index contributed by atoms with van der Waals surface area (Å²) in [4.78, 5) is 0. The van der Waals surface area contributed by atoms with Gasteiger partial charge in [0.05, 0.1) is 6.07 Å². The van der Waals surface area contributed by atoms with Crippen molar-refractivity contribution >= 4 is 0 Å². The van der Waals surface area contributed by atoms with Gasteiger partial charge in [-0.1, -0.05) is 6.92 Å². The van der Waals surface area contributed by atoms with Crippen molar-refractivity contribution in [3.63, 3.8) is 0 Å². The summed E-state index contributed by atoms with van der Waals surface area (Å²) in [5, 5.41) is 21.2. The normalized spacial score (nSPS) is 21.7. The quantitative estimate of drug-likeness (QED) is 0.674. The molecule has 0 heterocycles. The Kier molecular flexibility index (Phi) is 4.12. The van der Waals surface area contributed by atoms with Crippen LogP contribution < -0.4 is 5.32 Å². The molecular formula is C12H22N2O. The maximum atomic E-state index is 8.99. The summed E-state index contributed by atoms with van der Waals surface area (Å²) < 4.78 is 0. The number of aliphatic hydroxyl groups excluding tert-OH is 1. The van der Waals surface area contributed by atoms with E-state index < -0.39 is 0 Å². The van der Waals surface area contributed by atoms with E-state index in [0.717, 1.165) is 19.4 Å². The highest BCUT2D eigenvalue weighted by molar-refractivity contribution is 5.02. The van der Waals surface area contributed by atoms with Crippen LogP contribution in [-0.4, -0.2) is 23.8 Å². The topological polar surface area (TPSA) is 56.0 Å². The highest BCUT2D eigenvalue weighted by Crippen LogP contribution is 2.48. The Morgan fingerprint density at radius 2 is 2.20 bits per heavy atom. The van der Waals surface area contributed by atoms with Crippen LogP contribution in [0.3, 0.4) is 0 Å². The molecule has 0 radical (unpaired) electrons. The first-order valence-electron chi connectivity index (χ1n) is 5.83. The lowest BCUT2D eigenvalue weighted by molar-refractivity contribution is 0.207. The smallest absolute Gasteiger partial charge is 0.0628 e. The van der Waals surface area contributed by atoms with Crippen LogP contribution in [0.2, 0.25) is 0 Å². The summed E-state index contributed by atoms with van der Waals surface area (Å²) in [5.41, 5.74) is 0.278. The first-order valence-corrected chi connectivity index (χ1v) is 5.83. The van der Waals surface area contributed by atoms with Gasteiger partial charge in [0.1, 0.15) is 0 Å². The molecule has 0 aromatic rings. The Bertz CT molecular complexity index is 242. The molecular weight excluding hydrogens is 188 g/mol. The van der Waals surface area contributed by atoms with Gasteiger partial charge in [-0.3, -0.25) is 0 Å². The minimum atomic E-state index is 0.0276. The monoisotopic (exact) mass is 210 g/mol. The predicted octanol–water partition coefficient (Wildman–Crippen LogP) is 1.82. The Labute approximate surface area is 92.5 Å². The van der Waals surface area contributed by atoms with Crippen LogP contribution >= 0.6 is 0 Å². The third-order valence-corrected chi connectivity index (χ3v) is 3.75. The molecule has 0 bridgehead atoms. The van der Waals surface area contributed by atoms with Gasteiger partial charge in [0.15, 0.2) is 0 Å². The Morgan fingerprint density at radius 3 is 2.60 bits per heavy atom. The number of nitrogens with one attached hydrogen (secondary N) is 1.